The fraction of sp³-hybridized carbons (Fsp3) is 0.167. The molecule has 0 atom stereocenters. The summed E-state index contributed by atoms with van der Waals surface area (Å²) in [6.45, 7) is 2.18. The van der Waals surface area contributed by atoms with Crippen molar-refractivity contribution in [1.82, 2.24) is 24.9 Å². The molecule has 0 aliphatic carbocycles. The predicted octanol–water partition coefficient (Wildman–Crippen LogP) is 2.22. The zero-order valence-corrected chi connectivity index (χ0v) is 11.4. The third-order valence-corrected chi connectivity index (χ3v) is 2.84. The number of hydrogen-bond acceptors (Lipinski definition) is 6. The monoisotopic (exact) mass is 290 g/mol. The molecule has 0 amide bonds. The summed E-state index contributed by atoms with van der Waals surface area (Å²) in [6, 6.07) is 5.35. The molecular formula is C12H11ClN6O. The first-order chi connectivity index (χ1) is 9.72. The summed E-state index contributed by atoms with van der Waals surface area (Å²) in [7, 11) is 0. The van der Waals surface area contributed by atoms with E-state index < -0.39 is 0 Å². The Balaban J connectivity index is 1.72. The van der Waals surface area contributed by atoms with Crippen molar-refractivity contribution in [3.8, 4) is 5.82 Å². The van der Waals surface area contributed by atoms with E-state index in [0.717, 1.165) is 0 Å². The van der Waals surface area contributed by atoms with Gasteiger partial charge >= 0.3 is 0 Å². The zero-order valence-electron chi connectivity index (χ0n) is 10.6. The highest BCUT2D eigenvalue weighted by molar-refractivity contribution is 6.32. The average Bonchev–Trinajstić information content (AvgIpc) is 3.06. The van der Waals surface area contributed by atoms with Crippen molar-refractivity contribution in [2.24, 2.45) is 0 Å². The third kappa shape index (κ3) is 2.62. The molecule has 0 bridgehead atoms. The summed E-state index contributed by atoms with van der Waals surface area (Å²) in [5.74, 6) is 2.37. The Bertz CT molecular complexity index is 722. The molecule has 3 rings (SSSR count). The normalized spacial score (nSPS) is 10.7. The van der Waals surface area contributed by atoms with Crippen molar-refractivity contribution in [1.29, 1.82) is 0 Å². The second-order valence-electron chi connectivity index (χ2n) is 4.04. The Morgan fingerprint density at radius 1 is 1.40 bits per heavy atom. The van der Waals surface area contributed by atoms with Crippen LogP contribution in [0.25, 0.3) is 5.82 Å². The molecule has 3 heterocycles. The van der Waals surface area contributed by atoms with Gasteiger partial charge in [0.15, 0.2) is 11.6 Å². The predicted molar refractivity (Wildman–Crippen MR) is 72.7 cm³/mol. The van der Waals surface area contributed by atoms with Crippen molar-refractivity contribution >= 4 is 17.4 Å². The number of rotatable bonds is 4. The summed E-state index contributed by atoms with van der Waals surface area (Å²) in [5, 5.41) is 11.8. The molecule has 0 spiro atoms. The van der Waals surface area contributed by atoms with E-state index in [0.29, 0.717) is 34.9 Å². The van der Waals surface area contributed by atoms with Crippen LogP contribution < -0.4 is 5.32 Å². The molecule has 7 nitrogen and oxygen atoms in total. The first kappa shape index (κ1) is 12.6. The van der Waals surface area contributed by atoms with Gasteiger partial charge in [-0.25, -0.2) is 9.67 Å². The van der Waals surface area contributed by atoms with Crippen LogP contribution in [0.4, 0.5) is 5.82 Å². The van der Waals surface area contributed by atoms with Crippen LogP contribution >= 0.6 is 11.6 Å². The molecule has 3 aromatic heterocycles. The SMILES string of the molecule is Cc1nc(CNc2ccn(-c3ncccc3Cl)n2)no1. The van der Waals surface area contributed by atoms with E-state index in [2.05, 4.69) is 25.5 Å². The molecule has 0 aliphatic rings. The number of aromatic nitrogens is 5. The lowest BCUT2D eigenvalue weighted by atomic mass is 10.4. The van der Waals surface area contributed by atoms with Crippen LogP contribution in [0.15, 0.2) is 35.1 Å². The van der Waals surface area contributed by atoms with Gasteiger partial charge in [0.05, 0.1) is 11.6 Å². The quantitative estimate of drug-likeness (QED) is 0.793. The van der Waals surface area contributed by atoms with Gasteiger partial charge < -0.3 is 9.84 Å². The molecule has 1 N–H and O–H groups in total. The topological polar surface area (TPSA) is 81.7 Å². The molecule has 0 saturated carbocycles. The number of pyridine rings is 1. The van der Waals surface area contributed by atoms with E-state index in [4.69, 9.17) is 16.1 Å². The maximum Gasteiger partial charge on any atom is 0.223 e. The van der Waals surface area contributed by atoms with Crippen molar-refractivity contribution in [2.75, 3.05) is 5.32 Å². The van der Waals surface area contributed by atoms with E-state index in [1.165, 1.54) is 0 Å². The molecule has 0 fully saturated rings. The van der Waals surface area contributed by atoms with Crippen LogP contribution in [0.3, 0.4) is 0 Å². The van der Waals surface area contributed by atoms with Crippen LogP contribution in [0.2, 0.25) is 5.02 Å². The fourth-order valence-corrected chi connectivity index (χ4v) is 1.87. The van der Waals surface area contributed by atoms with Gasteiger partial charge in [0.25, 0.3) is 0 Å². The van der Waals surface area contributed by atoms with Crippen LogP contribution in [-0.2, 0) is 6.54 Å². The van der Waals surface area contributed by atoms with Gasteiger partial charge in [0.2, 0.25) is 5.89 Å². The minimum Gasteiger partial charge on any atom is -0.361 e. The molecule has 0 aliphatic heterocycles. The van der Waals surface area contributed by atoms with E-state index >= 15 is 0 Å². The first-order valence-electron chi connectivity index (χ1n) is 5.92. The van der Waals surface area contributed by atoms with E-state index in [1.807, 2.05) is 6.07 Å². The lowest BCUT2D eigenvalue weighted by Gasteiger charge is -2.02. The van der Waals surface area contributed by atoms with Crippen LogP contribution in [0.1, 0.15) is 11.7 Å². The van der Waals surface area contributed by atoms with Gasteiger partial charge in [-0.1, -0.05) is 16.8 Å². The lowest BCUT2D eigenvalue weighted by molar-refractivity contribution is 0.388. The minimum absolute atomic E-state index is 0.435. The van der Waals surface area contributed by atoms with Crippen molar-refractivity contribution in [3.63, 3.8) is 0 Å². The summed E-state index contributed by atoms with van der Waals surface area (Å²) in [6.07, 6.45) is 3.44. The number of anilines is 1. The highest BCUT2D eigenvalue weighted by Crippen LogP contribution is 2.17. The molecule has 0 saturated heterocycles. The molecule has 0 aromatic carbocycles. The minimum atomic E-state index is 0.435. The van der Waals surface area contributed by atoms with Crippen molar-refractivity contribution in [2.45, 2.75) is 13.5 Å². The van der Waals surface area contributed by atoms with Gasteiger partial charge in [-0.05, 0) is 12.1 Å². The van der Waals surface area contributed by atoms with Gasteiger partial charge in [0.1, 0.15) is 5.82 Å². The zero-order chi connectivity index (χ0) is 13.9. The third-order valence-electron chi connectivity index (χ3n) is 2.54. The van der Waals surface area contributed by atoms with Crippen molar-refractivity contribution < 1.29 is 4.52 Å². The number of nitrogens with one attached hydrogen (secondary N) is 1. The number of nitrogens with zero attached hydrogens (tertiary/aromatic N) is 5. The van der Waals surface area contributed by atoms with Gasteiger partial charge in [-0.3, -0.25) is 0 Å². The summed E-state index contributed by atoms with van der Waals surface area (Å²) in [5.41, 5.74) is 0. The lowest BCUT2D eigenvalue weighted by Crippen LogP contribution is -2.04. The highest BCUT2D eigenvalue weighted by Gasteiger charge is 2.07. The smallest absolute Gasteiger partial charge is 0.223 e. The number of halogens is 1. The first-order valence-corrected chi connectivity index (χ1v) is 6.30. The number of hydrogen-bond donors (Lipinski definition) is 1. The summed E-state index contributed by atoms with van der Waals surface area (Å²) >= 11 is 6.07. The standard InChI is InChI=1S/C12H11ClN6O/c1-8-16-11(18-20-8)7-15-10-4-6-19(17-10)12-9(13)3-2-5-14-12/h2-6H,7H2,1H3,(H,15,17). The fourth-order valence-electron chi connectivity index (χ4n) is 1.66. The molecule has 0 radical (unpaired) electrons. The second kappa shape index (κ2) is 5.30. The van der Waals surface area contributed by atoms with E-state index in [-0.39, 0.29) is 0 Å². The molecule has 0 unspecified atom stereocenters. The number of aryl methyl sites for hydroxylation is 1. The van der Waals surface area contributed by atoms with Gasteiger partial charge in [0, 0.05) is 25.4 Å². The van der Waals surface area contributed by atoms with Crippen molar-refractivity contribution in [3.05, 3.63) is 47.3 Å². The molecule has 20 heavy (non-hydrogen) atoms. The Morgan fingerprint density at radius 3 is 3.05 bits per heavy atom. The van der Waals surface area contributed by atoms with Crippen LogP contribution in [0.5, 0.6) is 0 Å². The second-order valence-corrected chi connectivity index (χ2v) is 4.44. The van der Waals surface area contributed by atoms with Crippen LogP contribution in [-0.4, -0.2) is 24.9 Å². The van der Waals surface area contributed by atoms with Gasteiger partial charge in [-0.2, -0.15) is 4.98 Å². The Kier molecular flexibility index (Phi) is 3.34. The Hall–Kier alpha value is -2.41. The molecular weight excluding hydrogens is 280 g/mol. The molecule has 8 heteroatoms. The molecule has 3 aromatic rings. The van der Waals surface area contributed by atoms with E-state index in [9.17, 15) is 0 Å². The summed E-state index contributed by atoms with van der Waals surface area (Å²) < 4.78 is 6.49. The van der Waals surface area contributed by atoms with E-state index in [1.54, 1.807) is 36.1 Å². The Morgan fingerprint density at radius 2 is 2.30 bits per heavy atom. The molecule has 102 valence electrons. The maximum absolute atomic E-state index is 6.07. The summed E-state index contributed by atoms with van der Waals surface area (Å²) in [4.78, 5) is 8.28. The maximum atomic E-state index is 6.07. The van der Waals surface area contributed by atoms with Crippen LogP contribution in [0, 0.1) is 6.92 Å². The highest BCUT2D eigenvalue weighted by atomic mass is 35.5. The Labute approximate surface area is 119 Å². The largest absolute Gasteiger partial charge is 0.361 e. The average molecular weight is 291 g/mol. The van der Waals surface area contributed by atoms with Gasteiger partial charge in [-0.15, -0.1) is 5.10 Å².